The van der Waals surface area contributed by atoms with Gasteiger partial charge >= 0.3 is 0 Å². The van der Waals surface area contributed by atoms with E-state index in [-0.39, 0.29) is 0 Å². The van der Waals surface area contributed by atoms with Crippen molar-refractivity contribution in [2.24, 2.45) is 0 Å². The van der Waals surface area contributed by atoms with Crippen molar-refractivity contribution in [1.82, 2.24) is 19.9 Å². The molecule has 1 N–H and O–H groups in total. The number of hydrogen-bond acceptors (Lipinski definition) is 8. The van der Waals surface area contributed by atoms with Gasteiger partial charge in [-0.25, -0.2) is 4.98 Å². The van der Waals surface area contributed by atoms with E-state index in [1.807, 2.05) is 44.8 Å². The highest BCUT2D eigenvalue weighted by Crippen LogP contribution is 2.17. The van der Waals surface area contributed by atoms with Crippen LogP contribution in [0, 0.1) is 6.92 Å². The number of thiazole rings is 1. The van der Waals surface area contributed by atoms with E-state index in [1.165, 1.54) is 0 Å². The van der Waals surface area contributed by atoms with E-state index in [9.17, 15) is 0 Å². The molecule has 0 aromatic carbocycles. The second-order valence-electron chi connectivity index (χ2n) is 4.90. The van der Waals surface area contributed by atoms with Gasteiger partial charge in [0.2, 0.25) is 17.8 Å². The molecule has 2 aromatic rings. The highest BCUT2D eigenvalue weighted by atomic mass is 32.1. The van der Waals surface area contributed by atoms with Gasteiger partial charge in [0.1, 0.15) is 0 Å². The quantitative estimate of drug-likeness (QED) is 0.872. The molecule has 0 aliphatic rings. The lowest BCUT2D eigenvalue weighted by atomic mass is 10.4. The fourth-order valence-electron chi connectivity index (χ4n) is 1.76. The minimum Gasteiger partial charge on any atom is -0.354 e. The summed E-state index contributed by atoms with van der Waals surface area (Å²) in [7, 11) is 5.79. The van der Waals surface area contributed by atoms with Gasteiger partial charge in [0.25, 0.3) is 0 Å². The van der Waals surface area contributed by atoms with E-state index in [0.717, 1.165) is 17.2 Å². The first-order chi connectivity index (χ1) is 9.99. The molecule has 0 radical (unpaired) electrons. The zero-order valence-corrected chi connectivity index (χ0v) is 13.9. The van der Waals surface area contributed by atoms with E-state index in [2.05, 4.69) is 30.6 Å². The number of aromatic nitrogens is 4. The van der Waals surface area contributed by atoms with Crippen LogP contribution in [0.4, 0.5) is 17.8 Å². The molecule has 0 aliphatic heterocycles. The van der Waals surface area contributed by atoms with E-state index in [4.69, 9.17) is 0 Å². The van der Waals surface area contributed by atoms with E-state index in [0.29, 0.717) is 24.4 Å². The Kier molecular flexibility index (Phi) is 4.89. The maximum absolute atomic E-state index is 4.48. The Hall–Kier alpha value is -1.96. The summed E-state index contributed by atoms with van der Waals surface area (Å²) in [5.74, 6) is 1.86. The SMILES string of the molecule is CCNc1nc(N(C)C)nc(N(C)Cc2csc(C)n2)n1. The number of nitrogens with zero attached hydrogens (tertiary/aromatic N) is 6. The lowest BCUT2D eigenvalue weighted by molar-refractivity contribution is 0.826. The molecule has 0 atom stereocenters. The van der Waals surface area contributed by atoms with Crippen LogP contribution in [0.5, 0.6) is 0 Å². The Balaban J connectivity index is 2.24. The van der Waals surface area contributed by atoms with E-state index in [1.54, 1.807) is 11.3 Å². The van der Waals surface area contributed by atoms with Crippen molar-refractivity contribution in [3.63, 3.8) is 0 Å². The van der Waals surface area contributed by atoms with Crippen LogP contribution in [0.2, 0.25) is 0 Å². The van der Waals surface area contributed by atoms with Crippen molar-refractivity contribution in [2.45, 2.75) is 20.4 Å². The molecule has 0 fully saturated rings. The third kappa shape index (κ3) is 4.01. The van der Waals surface area contributed by atoms with Gasteiger partial charge in [0.15, 0.2) is 0 Å². The molecule has 8 heteroatoms. The summed E-state index contributed by atoms with van der Waals surface area (Å²) in [5.41, 5.74) is 1.02. The normalized spacial score (nSPS) is 10.5. The van der Waals surface area contributed by atoms with Crippen molar-refractivity contribution in [3.8, 4) is 0 Å². The van der Waals surface area contributed by atoms with Crippen LogP contribution in [0.3, 0.4) is 0 Å². The molecule has 21 heavy (non-hydrogen) atoms. The Morgan fingerprint density at radius 1 is 1.10 bits per heavy atom. The molecule has 2 heterocycles. The summed E-state index contributed by atoms with van der Waals surface area (Å²) in [6.45, 7) is 5.46. The molecule has 2 rings (SSSR count). The summed E-state index contributed by atoms with van der Waals surface area (Å²) >= 11 is 1.65. The molecule has 0 unspecified atom stereocenters. The first kappa shape index (κ1) is 15.4. The number of aryl methyl sites for hydroxylation is 1. The zero-order valence-electron chi connectivity index (χ0n) is 13.1. The number of anilines is 3. The Morgan fingerprint density at radius 2 is 1.81 bits per heavy atom. The van der Waals surface area contributed by atoms with Gasteiger partial charge in [-0.1, -0.05) is 0 Å². The van der Waals surface area contributed by atoms with Crippen LogP contribution >= 0.6 is 11.3 Å². The van der Waals surface area contributed by atoms with Crippen molar-refractivity contribution in [1.29, 1.82) is 0 Å². The summed E-state index contributed by atoms with van der Waals surface area (Å²) in [4.78, 5) is 21.6. The largest absolute Gasteiger partial charge is 0.354 e. The first-order valence-electron chi connectivity index (χ1n) is 6.79. The van der Waals surface area contributed by atoms with Crippen molar-refractivity contribution < 1.29 is 0 Å². The van der Waals surface area contributed by atoms with Gasteiger partial charge in [-0.3, -0.25) is 0 Å². The molecule has 0 aliphatic carbocycles. The van der Waals surface area contributed by atoms with Crippen LogP contribution in [0.1, 0.15) is 17.6 Å². The maximum Gasteiger partial charge on any atom is 0.232 e. The number of rotatable bonds is 6. The number of nitrogens with one attached hydrogen (secondary N) is 1. The molecule has 7 nitrogen and oxygen atoms in total. The van der Waals surface area contributed by atoms with Gasteiger partial charge in [-0.15, -0.1) is 11.3 Å². The van der Waals surface area contributed by atoms with Crippen LogP contribution in [-0.4, -0.2) is 47.6 Å². The standard InChI is InChI=1S/C13H21N7S/c1-6-14-11-16-12(19(3)4)18-13(17-11)20(5)7-10-8-21-9(2)15-10/h8H,6-7H2,1-5H3,(H,14,16,17,18). The predicted octanol–water partition coefficient (Wildman–Crippen LogP) is 1.77. The van der Waals surface area contributed by atoms with E-state index >= 15 is 0 Å². The van der Waals surface area contributed by atoms with Crippen LogP contribution < -0.4 is 15.1 Å². The van der Waals surface area contributed by atoms with Gasteiger partial charge in [0.05, 0.1) is 17.2 Å². The Labute approximate surface area is 129 Å². The highest BCUT2D eigenvalue weighted by molar-refractivity contribution is 7.09. The minimum atomic E-state index is 0.590. The maximum atomic E-state index is 4.48. The fourth-order valence-corrected chi connectivity index (χ4v) is 2.36. The molecular formula is C13H21N7S. The van der Waals surface area contributed by atoms with Gasteiger partial charge < -0.3 is 15.1 Å². The second kappa shape index (κ2) is 6.66. The smallest absolute Gasteiger partial charge is 0.232 e. The molecule has 0 spiro atoms. The van der Waals surface area contributed by atoms with Crippen molar-refractivity contribution >= 4 is 29.2 Å². The molecule has 0 amide bonds. The van der Waals surface area contributed by atoms with Gasteiger partial charge in [-0.2, -0.15) is 15.0 Å². The monoisotopic (exact) mass is 307 g/mol. The summed E-state index contributed by atoms with van der Waals surface area (Å²) in [5, 5.41) is 6.26. The molecule has 0 bridgehead atoms. The molecular weight excluding hydrogens is 286 g/mol. The van der Waals surface area contributed by atoms with Crippen molar-refractivity contribution in [2.75, 3.05) is 42.8 Å². The summed E-state index contributed by atoms with van der Waals surface area (Å²) in [6.07, 6.45) is 0. The predicted molar refractivity (Wildman–Crippen MR) is 87.3 cm³/mol. The van der Waals surface area contributed by atoms with E-state index < -0.39 is 0 Å². The minimum absolute atomic E-state index is 0.590. The third-order valence-electron chi connectivity index (χ3n) is 2.75. The lowest BCUT2D eigenvalue weighted by Gasteiger charge is -2.19. The fraction of sp³-hybridized carbons (Fsp3) is 0.538. The first-order valence-corrected chi connectivity index (χ1v) is 7.67. The van der Waals surface area contributed by atoms with Gasteiger partial charge in [-0.05, 0) is 13.8 Å². The molecule has 2 aromatic heterocycles. The third-order valence-corrected chi connectivity index (χ3v) is 3.58. The Bertz CT molecular complexity index is 596. The topological polar surface area (TPSA) is 70.1 Å². The molecule has 0 saturated heterocycles. The molecule has 0 saturated carbocycles. The highest BCUT2D eigenvalue weighted by Gasteiger charge is 2.12. The van der Waals surface area contributed by atoms with Crippen LogP contribution in [-0.2, 0) is 6.54 Å². The van der Waals surface area contributed by atoms with Crippen LogP contribution in [0.15, 0.2) is 5.38 Å². The van der Waals surface area contributed by atoms with Crippen molar-refractivity contribution in [3.05, 3.63) is 16.1 Å². The number of hydrogen-bond donors (Lipinski definition) is 1. The van der Waals surface area contributed by atoms with Gasteiger partial charge in [0, 0.05) is 33.1 Å². The summed E-state index contributed by atoms with van der Waals surface area (Å²) < 4.78 is 0. The average molecular weight is 307 g/mol. The average Bonchev–Trinajstić information content (AvgIpc) is 2.84. The Morgan fingerprint density at radius 3 is 2.38 bits per heavy atom. The van der Waals surface area contributed by atoms with Crippen LogP contribution in [0.25, 0.3) is 0 Å². The lowest BCUT2D eigenvalue weighted by Crippen LogP contribution is -2.23. The second-order valence-corrected chi connectivity index (χ2v) is 5.96. The summed E-state index contributed by atoms with van der Waals surface area (Å²) in [6, 6.07) is 0. The zero-order chi connectivity index (χ0) is 15.4. The molecule has 114 valence electrons.